The number of aryl methyl sites for hydroxylation is 1. The van der Waals surface area contributed by atoms with E-state index < -0.39 is 0 Å². The van der Waals surface area contributed by atoms with Crippen LogP contribution >= 0.6 is 15.9 Å². The van der Waals surface area contributed by atoms with E-state index in [0.717, 1.165) is 16.3 Å². The van der Waals surface area contributed by atoms with Gasteiger partial charge >= 0.3 is 0 Å². The molecule has 0 aliphatic heterocycles. The first-order chi connectivity index (χ1) is 6.22. The highest BCUT2D eigenvalue weighted by Crippen LogP contribution is 2.16. The van der Waals surface area contributed by atoms with Gasteiger partial charge in [-0.25, -0.2) is 9.97 Å². The lowest BCUT2D eigenvalue weighted by Gasteiger charge is -1.94. The molecule has 4 nitrogen and oxygen atoms in total. The Kier molecular flexibility index (Phi) is 1.88. The van der Waals surface area contributed by atoms with E-state index in [9.17, 15) is 4.79 Å². The Labute approximate surface area is 82.7 Å². The number of carbonyl (C=O) groups is 1. The van der Waals surface area contributed by atoms with Gasteiger partial charge in [-0.2, -0.15) is 0 Å². The normalized spacial score (nSPS) is 10.6. The molecule has 0 fully saturated rings. The van der Waals surface area contributed by atoms with Gasteiger partial charge in [0.15, 0.2) is 17.8 Å². The number of nitrogens with zero attached hydrogens (tertiary/aromatic N) is 3. The predicted molar refractivity (Wildman–Crippen MR) is 51.6 cm³/mol. The zero-order chi connectivity index (χ0) is 9.42. The van der Waals surface area contributed by atoms with Gasteiger partial charge in [-0.05, 0) is 22.0 Å². The van der Waals surface area contributed by atoms with E-state index in [1.165, 1.54) is 0 Å². The molecule has 2 heterocycles. The Morgan fingerprint density at radius 3 is 3.08 bits per heavy atom. The molecule has 2 aromatic heterocycles. The third kappa shape index (κ3) is 1.25. The average molecular weight is 240 g/mol. The fraction of sp³-hybridized carbons (Fsp3) is 0.125. The Balaban J connectivity index is 2.84. The molecule has 2 aromatic rings. The quantitative estimate of drug-likeness (QED) is 0.710. The molecule has 0 amide bonds. The molecule has 5 heteroatoms. The van der Waals surface area contributed by atoms with E-state index in [-0.39, 0.29) is 0 Å². The maximum atomic E-state index is 10.6. The molecule has 0 bridgehead atoms. The summed E-state index contributed by atoms with van der Waals surface area (Å²) >= 11 is 3.31. The van der Waals surface area contributed by atoms with E-state index >= 15 is 0 Å². The van der Waals surface area contributed by atoms with Gasteiger partial charge in [0, 0.05) is 17.7 Å². The van der Waals surface area contributed by atoms with Crippen molar-refractivity contribution in [3.05, 3.63) is 22.6 Å². The Bertz CT molecular complexity index is 477. The van der Waals surface area contributed by atoms with Crippen LogP contribution in [0.25, 0.3) is 11.2 Å². The molecule has 13 heavy (non-hydrogen) atoms. The zero-order valence-corrected chi connectivity index (χ0v) is 8.45. The van der Waals surface area contributed by atoms with E-state index in [0.29, 0.717) is 11.5 Å². The molecule has 66 valence electrons. The van der Waals surface area contributed by atoms with Crippen LogP contribution in [0.4, 0.5) is 0 Å². The lowest BCUT2D eigenvalue weighted by atomic mass is 10.4. The van der Waals surface area contributed by atoms with Gasteiger partial charge in [0.05, 0.1) is 5.52 Å². The maximum Gasteiger partial charge on any atom is 0.185 e. The van der Waals surface area contributed by atoms with Gasteiger partial charge in [-0.15, -0.1) is 0 Å². The van der Waals surface area contributed by atoms with Crippen LogP contribution in [0.15, 0.2) is 16.7 Å². The molecule has 0 radical (unpaired) electrons. The van der Waals surface area contributed by atoms with Crippen LogP contribution in [0.3, 0.4) is 0 Å². The molecule has 0 unspecified atom stereocenters. The lowest BCUT2D eigenvalue weighted by Crippen LogP contribution is -1.94. The first-order valence-electron chi connectivity index (χ1n) is 3.65. The molecule has 0 N–H and O–H groups in total. The Morgan fingerprint density at radius 1 is 1.62 bits per heavy atom. The zero-order valence-electron chi connectivity index (χ0n) is 6.86. The second kappa shape index (κ2) is 2.92. The minimum Gasteiger partial charge on any atom is -0.323 e. The second-order valence-electron chi connectivity index (χ2n) is 2.64. The number of hydrogen-bond donors (Lipinski definition) is 0. The highest BCUT2D eigenvalue weighted by atomic mass is 79.9. The van der Waals surface area contributed by atoms with Gasteiger partial charge in [-0.1, -0.05) is 0 Å². The number of pyridine rings is 1. The summed E-state index contributed by atoms with van der Waals surface area (Å²) in [7, 11) is 1.78. The van der Waals surface area contributed by atoms with Crippen LogP contribution in [0.2, 0.25) is 0 Å². The lowest BCUT2D eigenvalue weighted by molar-refractivity contribution is 0.111. The summed E-state index contributed by atoms with van der Waals surface area (Å²) in [6.45, 7) is 0. The van der Waals surface area contributed by atoms with Crippen molar-refractivity contribution in [2.24, 2.45) is 7.05 Å². The third-order valence-corrected chi connectivity index (χ3v) is 2.28. The maximum absolute atomic E-state index is 10.6. The largest absolute Gasteiger partial charge is 0.323 e. The SMILES string of the molecule is Cn1c(C=O)nc2ncc(Br)cc21. The van der Waals surface area contributed by atoms with Crippen molar-refractivity contribution in [1.82, 2.24) is 14.5 Å². The Hall–Kier alpha value is -1.23. The van der Waals surface area contributed by atoms with Crippen LogP contribution in [-0.4, -0.2) is 20.8 Å². The molecule has 0 aliphatic rings. The summed E-state index contributed by atoms with van der Waals surface area (Å²) in [4.78, 5) is 18.7. The highest BCUT2D eigenvalue weighted by molar-refractivity contribution is 9.10. The summed E-state index contributed by atoms with van der Waals surface area (Å²) in [5.74, 6) is 0.389. The number of imidazole rings is 1. The van der Waals surface area contributed by atoms with E-state index in [4.69, 9.17) is 0 Å². The monoisotopic (exact) mass is 239 g/mol. The second-order valence-corrected chi connectivity index (χ2v) is 3.56. The summed E-state index contributed by atoms with van der Waals surface area (Å²) in [5.41, 5.74) is 1.43. The van der Waals surface area contributed by atoms with Crippen LogP contribution in [0.1, 0.15) is 10.6 Å². The predicted octanol–water partition coefficient (Wildman–Crippen LogP) is 1.54. The summed E-state index contributed by atoms with van der Waals surface area (Å²) in [6, 6.07) is 1.88. The first kappa shape index (κ1) is 8.37. The topological polar surface area (TPSA) is 47.8 Å². The molecular weight excluding hydrogens is 234 g/mol. The molecule has 0 aliphatic carbocycles. The minimum absolute atomic E-state index is 0.389. The minimum atomic E-state index is 0.389. The number of halogens is 1. The third-order valence-electron chi connectivity index (χ3n) is 1.84. The fourth-order valence-electron chi connectivity index (χ4n) is 1.17. The van der Waals surface area contributed by atoms with E-state index in [1.54, 1.807) is 17.8 Å². The first-order valence-corrected chi connectivity index (χ1v) is 4.45. The molecule has 2 rings (SSSR count). The number of carbonyl (C=O) groups excluding carboxylic acids is 1. The van der Waals surface area contributed by atoms with Gasteiger partial charge in [0.25, 0.3) is 0 Å². The molecule has 0 saturated heterocycles. The molecule has 0 spiro atoms. The summed E-state index contributed by atoms with van der Waals surface area (Å²) < 4.78 is 2.58. The molecular formula is C8H6BrN3O. The molecule has 0 saturated carbocycles. The van der Waals surface area contributed by atoms with E-state index in [1.807, 2.05) is 6.07 Å². The van der Waals surface area contributed by atoms with Crippen molar-refractivity contribution in [3.8, 4) is 0 Å². The van der Waals surface area contributed by atoms with Crippen molar-refractivity contribution < 1.29 is 4.79 Å². The smallest absolute Gasteiger partial charge is 0.185 e. The van der Waals surface area contributed by atoms with Crippen LogP contribution < -0.4 is 0 Å². The van der Waals surface area contributed by atoms with Crippen LogP contribution in [0, 0.1) is 0 Å². The van der Waals surface area contributed by atoms with Crippen molar-refractivity contribution >= 4 is 33.4 Å². The highest BCUT2D eigenvalue weighted by Gasteiger charge is 2.07. The summed E-state index contributed by atoms with van der Waals surface area (Å²) in [5, 5.41) is 0. The Morgan fingerprint density at radius 2 is 2.38 bits per heavy atom. The average Bonchev–Trinajstić information content (AvgIpc) is 2.44. The van der Waals surface area contributed by atoms with Gasteiger partial charge in [0.1, 0.15) is 0 Å². The van der Waals surface area contributed by atoms with Crippen molar-refractivity contribution in [2.75, 3.05) is 0 Å². The number of aromatic nitrogens is 3. The van der Waals surface area contributed by atoms with Gasteiger partial charge in [0.2, 0.25) is 0 Å². The van der Waals surface area contributed by atoms with Crippen LogP contribution in [0.5, 0.6) is 0 Å². The number of fused-ring (bicyclic) bond motifs is 1. The molecule has 0 atom stereocenters. The van der Waals surface area contributed by atoms with Gasteiger partial charge in [-0.3, -0.25) is 4.79 Å². The number of rotatable bonds is 1. The van der Waals surface area contributed by atoms with Crippen LogP contribution in [-0.2, 0) is 7.05 Å². The number of aldehydes is 1. The van der Waals surface area contributed by atoms with Gasteiger partial charge < -0.3 is 4.57 Å². The van der Waals surface area contributed by atoms with E-state index in [2.05, 4.69) is 25.9 Å². The number of hydrogen-bond acceptors (Lipinski definition) is 3. The molecule has 0 aromatic carbocycles. The van der Waals surface area contributed by atoms with Crippen molar-refractivity contribution in [3.63, 3.8) is 0 Å². The summed E-state index contributed by atoms with van der Waals surface area (Å²) in [6.07, 6.45) is 2.37. The van der Waals surface area contributed by atoms with Crippen molar-refractivity contribution in [1.29, 1.82) is 0 Å². The van der Waals surface area contributed by atoms with Crippen molar-refractivity contribution in [2.45, 2.75) is 0 Å². The standard InChI is InChI=1S/C8H6BrN3O/c1-12-6-2-5(9)3-10-8(6)11-7(12)4-13/h2-4H,1H3. The fourth-order valence-corrected chi connectivity index (χ4v) is 1.49.